The molecule has 1 rings (SSSR count). The van der Waals surface area contributed by atoms with E-state index in [1.165, 1.54) is 0 Å². The Balaban J connectivity index is 2.48. The highest BCUT2D eigenvalue weighted by molar-refractivity contribution is 4.83. The Hall–Kier alpha value is -0.0800. The van der Waals surface area contributed by atoms with Gasteiger partial charge in [0.25, 0.3) is 0 Å². The summed E-state index contributed by atoms with van der Waals surface area (Å²) in [7, 11) is 0. The molecule has 1 N–H and O–H groups in total. The minimum Gasteiger partial charge on any atom is -0.387 e. The normalized spacial score (nSPS) is 34.8. The molecular weight excluding hydrogens is 128 g/mol. The second-order valence-corrected chi connectivity index (χ2v) is 3.41. The Labute approximate surface area is 62.2 Å². The smallest absolute Gasteiger partial charge is 0.0903 e. The van der Waals surface area contributed by atoms with Crippen molar-refractivity contribution in [3.63, 3.8) is 0 Å². The zero-order chi connectivity index (χ0) is 7.61. The van der Waals surface area contributed by atoms with E-state index < -0.39 is 5.60 Å². The average Bonchev–Trinajstić information content (AvgIpc) is 1.89. The van der Waals surface area contributed by atoms with Gasteiger partial charge < -0.3 is 9.84 Å². The van der Waals surface area contributed by atoms with Crippen LogP contribution in [0, 0.1) is 5.92 Å². The molecular formula is C8H16O2. The van der Waals surface area contributed by atoms with Gasteiger partial charge in [0.2, 0.25) is 0 Å². The molecule has 1 saturated heterocycles. The Kier molecular flexibility index (Phi) is 2.32. The van der Waals surface area contributed by atoms with E-state index >= 15 is 0 Å². The molecule has 0 radical (unpaired) electrons. The molecule has 0 spiro atoms. The van der Waals surface area contributed by atoms with Crippen molar-refractivity contribution in [2.24, 2.45) is 5.92 Å². The minimum atomic E-state index is -0.543. The average molecular weight is 144 g/mol. The van der Waals surface area contributed by atoms with E-state index in [-0.39, 0.29) is 0 Å². The summed E-state index contributed by atoms with van der Waals surface area (Å²) in [6, 6.07) is 0. The lowest BCUT2D eigenvalue weighted by atomic mass is 9.85. The number of ether oxygens (including phenoxy) is 1. The van der Waals surface area contributed by atoms with Crippen LogP contribution >= 0.6 is 0 Å². The van der Waals surface area contributed by atoms with Gasteiger partial charge in [0.05, 0.1) is 12.2 Å². The van der Waals surface area contributed by atoms with Gasteiger partial charge >= 0.3 is 0 Å². The lowest BCUT2D eigenvalue weighted by Crippen LogP contribution is -2.43. The van der Waals surface area contributed by atoms with Gasteiger partial charge in [-0.15, -0.1) is 0 Å². The molecule has 2 nitrogen and oxygen atoms in total. The first-order valence-corrected chi connectivity index (χ1v) is 3.95. The maximum atomic E-state index is 9.82. The van der Waals surface area contributed by atoms with E-state index in [2.05, 4.69) is 0 Å². The Morgan fingerprint density at radius 1 is 1.50 bits per heavy atom. The van der Waals surface area contributed by atoms with Crippen molar-refractivity contribution in [1.82, 2.24) is 0 Å². The van der Waals surface area contributed by atoms with Crippen LogP contribution in [0.15, 0.2) is 0 Å². The molecule has 60 valence electrons. The van der Waals surface area contributed by atoms with Crippen molar-refractivity contribution in [2.45, 2.75) is 32.3 Å². The van der Waals surface area contributed by atoms with Crippen LogP contribution in [0.3, 0.4) is 0 Å². The molecule has 1 aliphatic rings. The van der Waals surface area contributed by atoms with Crippen LogP contribution in [-0.2, 0) is 4.74 Å². The van der Waals surface area contributed by atoms with Crippen LogP contribution in [-0.4, -0.2) is 23.9 Å². The fourth-order valence-electron chi connectivity index (χ4n) is 1.26. The second kappa shape index (κ2) is 2.89. The summed E-state index contributed by atoms with van der Waals surface area (Å²) in [6.45, 7) is 5.41. The number of rotatable bonds is 1. The first kappa shape index (κ1) is 8.02. The van der Waals surface area contributed by atoms with Crippen molar-refractivity contribution in [3.8, 4) is 0 Å². The molecule has 0 amide bonds. The van der Waals surface area contributed by atoms with Crippen molar-refractivity contribution in [2.75, 3.05) is 13.2 Å². The van der Waals surface area contributed by atoms with Gasteiger partial charge in [-0.1, -0.05) is 13.8 Å². The molecule has 10 heavy (non-hydrogen) atoms. The van der Waals surface area contributed by atoms with E-state index in [0.29, 0.717) is 12.5 Å². The number of hydrogen-bond donors (Lipinski definition) is 1. The summed E-state index contributed by atoms with van der Waals surface area (Å²) in [6.07, 6.45) is 1.89. The third kappa shape index (κ3) is 1.50. The molecule has 0 saturated carbocycles. The molecule has 1 atom stereocenters. The van der Waals surface area contributed by atoms with Crippen molar-refractivity contribution >= 4 is 0 Å². The van der Waals surface area contributed by atoms with Gasteiger partial charge in [0.15, 0.2) is 0 Å². The fraction of sp³-hybridized carbons (Fsp3) is 1.00. The van der Waals surface area contributed by atoms with Gasteiger partial charge in [-0.2, -0.15) is 0 Å². The third-order valence-electron chi connectivity index (χ3n) is 2.33. The lowest BCUT2D eigenvalue weighted by molar-refractivity contribution is -0.111. The van der Waals surface area contributed by atoms with Crippen molar-refractivity contribution in [1.29, 1.82) is 0 Å². The van der Waals surface area contributed by atoms with Crippen LogP contribution in [0.4, 0.5) is 0 Å². The molecule has 0 aromatic rings. The molecule has 1 heterocycles. The quantitative estimate of drug-likeness (QED) is 0.599. The van der Waals surface area contributed by atoms with Crippen LogP contribution in [0.1, 0.15) is 26.7 Å². The Bertz CT molecular complexity index is 104. The van der Waals surface area contributed by atoms with Crippen LogP contribution in [0.25, 0.3) is 0 Å². The summed E-state index contributed by atoms with van der Waals surface area (Å²) >= 11 is 0. The summed E-state index contributed by atoms with van der Waals surface area (Å²) in [5, 5.41) is 9.82. The van der Waals surface area contributed by atoms with Crippen LogP contribution in [0.2, 0.25) is 0 Å². The van der Waals surface area contributed by atoms with Crippen molar-refractivity contribution in [3.05, 3.63) is 0 Å². The van der Waals surface area contributed by atoms with E-state index in [9.17, 15) is 5.11 Å². The summed E-state index contributed by atoms with van der Waals surface area (Å²) < 4.78 is 5.20. The van der Waals surface area contributed by atoms with E-state index in [0.717, 1.165) is 19.4 Å². The predicted octanol–water partition coefficient (Wildman–Crippen LogP) is 1.18. The zero-order valence-electron chi connectivity index (χ0n) is 6.76. The summed E-state index contributed by atoms with van der Waals surface area (Å²) in [4.78, 5) is 0. The maximum Gasteiger partial charge on any atom is 0.0903 e. The van der Waals surface area contributed by atoms with Gasteiger partial charge in [-0.3, -0.25) is 0 Å². The maximum absolute atomic E-state index is 9.82. The molecule has 1 aliphatic heterocycles. The monoisotopic (exact) mass is 144 g/mol. The van der Waals surface area contributed by atoms with Gasteiger partial charge in [-0.25, -0.2) is 0 Å². The highest BCUT2D eigenvalue weighted by Gasteiger charge is 2.32. The first-order chi connectivity index (χ1) is 4.65. The standard InChI is InChI=1S/C8H16O2/c1-7(2)8(9)4-3-5-10-6-8/h7,9H,3-6H2,1-2H3/t8-/m1/s1. The molecule has 0 unspecified atom stereocenters. The molecule has 0 aromatic carbocycles. The molecule has 0 aromatic heterocycles. The zero-order valence-corrected chi connectivity index (χ0v) is 6.76. The second-order valence-electron chi connectivity index (χ2n) is 3.41. The molecule has 2 heteroatoms. The first-order valence-electron chi connectivity index (χ1n) is 3.95. The van der Waals surface area contributed by atoms with E-state index in [1.54, 1.807) is 0 Å². The van der Waals surface area contributed by atoms with Gasteiger partial charge in [0, 0.05) is 6.61 Å². The third-order valence-corrected chi connectivity index (χ3v) is 2.33. The summed E-state index contributed by atoms with van der Waals surface area (Å²) in [5.74, 6) is 0.313. The minimum absolute atomic E-state index is 0.313. The molecule has 0 bridgehead atoms. The largest absolute Gasteiger partial charge is 0.387 e. The highest BCUT2D eigenvalue weighted by Crippen LogP contribution is 2.26. The SMILES string of the molecule is CC(C)[C@@]1(O)CCCOC1. The van der Waals surface area contributed by atoms with Gasteiger partial charge in [0.1, 0.15) is 0 Å². The predicted molar refractivity (Wildman–Crippen MR) is 39.8 cm³/mol. The number of aliphatic hydroxyl groups is 1. The van der Waals surface area contributed by atoms with E-state index in [1.807, 2.05) is 13.8 Å². The number of hydrogen-bond acceptors (Lipinski definition) is 2. The lowest BCUT2D eigenvalue weighted by Gasteiger charge is -2.35. The summed E-state index contributed by atoms with van der Waals surface area (Å²) in [5.41, 5.74) is -0.543. The van der Waals surface area contributed by atoms with Crippen molar-refractivity contribution < 1.29 is 9.84 Å². The van der Waals surface area contributed by atoms with Crippen LogP contribution < -0.4 is 0 Å². The fourth-order valence-corrected chi connectivity index (χ4v) is 1.26. The van der Waals surface area contributed by atoms with Gasteiger partial charge in [-0.05, 0) is 18.8 Å². The van der Waals surface area contributed by atoms with E-state index in [4.69, 9.17) is 4.74 Å². The topological polar surface area (TPSA) is 29.5 Å². The van der Waals surface area contributed by atoms with Crippen LogP contribution in [0.5, 0.6) is 0 Å². The molecule has 1 fully saturated rings. The highest BCUT2D eigenvalue weighted by atomic mass is 16.5. The molecule has 0 aliphatic carbocycles. The Morgan fingerprint density at radius 2 is 2.20 bits per heavy atom. The Morgan fingerprint density at radius 3 is 2.50 bits per heavy atom.